The van der Waals surface area contributed by atoms with Crippen molar-refractivity contribution in [2.24, 2.45) is 0 Å². The second-order valence-corrected chi connectivity index (χ2v) is 6.38. The molecule has 5 nitrogen and oxygen atoms in total. The van der Waals surface area contributed by atoms with Crippen molar-refractivity contribution >= 4 is 44.3 Å². The van der Waals surface area contributed by atoms with Gasteiger partial charge in [-0.1, -0.05) is 12.1 Å². The van der Waals surface area contributed by atoms with Crippen molar-refractivity contribution in [3.05, 3.63) is 53.2 Å². The zero-order chi connectivity index (χ0) is 16.0. The summed E-state index contributed by atoms with van der Waals surface area (Å²) in [6, 6.07) is 10.3. The van der Waals surface area contributed by atoms with Gasteiger partial charge in [0.15, 0.2) is 0 Å². The monoisotopic (exact) mass is 321 g/mol. The molecule has 2 aromatic heterocycles. The Morgan fingerprint density at radius 3 is 2.87 bits per heavy atom. The minimum atomic E-state index is 0.297. The van der Waals surface area contributed by atoms with Crippen LogP contribution in [0.3, 0.4) is 0 Å². The Morgan fingerprint density at radius 2 is 2.00 bits per heavy atom. The highest BCUT2D eigenvalue weighted by atomic mass is 32.1. The number of anilines is 2. The number of rotatable bonds is 2. The van der Waals surface area contributed by atoms with Crippen LogP contribution in [0, 0.1) is 6.92 Å². The highest BCUT2D eigenvalue weighted by Crippen LogP contribution is 2.31. The molecule has 4 aromatic rings. The molecule has 2 heterocycles. The number of fused-ring (bicyclic) bond motifs is 2. The van der Waals surface area contributed by atoms with Crippen LogP contribution in [0.15, 0.2) is 36.5 Å². The van der Waals surface area contributed by atoms with Crippen molar-refractivity contribution in [3.63, 3.8) is 0 Å². The van der Waals surface area contributed by atoms with Crippen molar-refractivity contribution in [1.29, 1.82) is 0 Å². The van der Waals surface area contributed by atoms with Gasteiger partial charge in [0, 0.05) is 17.0 Å². The van der Waals surface area contributed by atoms with Crippen molar-refractivity contribution in [2.75, 3.05) is 11.5 Å². The van der Waals surface area contributed by atoms with Gasteiger partial charge in [0.2, 0.25) is 5.95 Å². The van der Waals surface area contributed by atoms with Crippen LogP contribution in [0.4, 0.5) is 11.8 Å². The molecule has 4 N–H and O–H groups in total. The van der Waals surface area contributed by atoms with E-state index in [4.69, 9.17) is 11.5 Å². The fraction of sp³-hybridized carbons (Fsp3) is 0.118. The molecule has 0 spiro atoms. The second kappa shape index (κ2) is 5.17. The normalized spacial score (nSPS) is 11.3. The van der Waals surface area contributed by atoms with Crippen LogP contribution in [0.1, 0.15) is 16.7 Å². The van der Waals surface area contributed by atoms with Gasteiger partial charge in [0.1, 0.15) is 5.82 Å². The van der Waals surface area contributed by atoms with Gasteiger partial charge >= 0.3 is 0 Å². The Kier molecular flexibility index (Phi) is 3.12. The van der Waals surface area contributed by atoms with E-state index >= 15 is 0 Å². The number of nitrogens with two attached hydrogens (primary N) is 2. The van der Waals surface area contributed by atoms with Crippen molar-refractivity contribution in [2.45, 2.75) is 13.3 Å². The SMILES string of the molecule is Cc1ccc2c(N)nsc2c1Cc1ccc2nc(N)ncc2c1. The molecule has 0 radical (unpaired) electrons. The maximum atomic E-state index is 5.95. The standard InChI is InChI=1S/C17H15N5S/c1-9-2-4-12-15(23-22-16(12)18)13(9)7-10-3-5-14-11(6-10)8-20-17(19)21-14/h2-6,8H,7H2,1H3,(H2,18,22)(H2,19,20,21). The predicted molar refractivity (Wildman–Crippen MR) is 95.5 cm³/mol. The molecule has 0 saturated carbocycles. The van der Waals surface area contributed by atoms with E-state index in [9.17, 15) is 0 Å². The third-order valence-corrected chi connectivity index (χ3v) is 4.99. The third kappa shape index (κ3) is 2.37. The number of hydrogen-bond donors (Lipinski definition) is 2. The topological polar surface area (TPSA) is 90.7 Å². The number of aromatic nitrogens is 3. The summed E-state index contributed by atoms with van der Waals surface area (Å²) < 4.78 is 5.45. The summed E-state index contributed by atoms with van der Waals surface area (Å²) in [4.78, 5) is 8.31. The molecule has 0 aliphatic rings. The van der Waals surface area contributed by atoms with Crippen LogP contribution in [0.2, 0.25) is 0 Å². The zero-order valence-corrected chi connectivity index (χ0v) is 13.4. The van der Waals surface area contributed by atoms with E-state index in [1.165, 1.54) is 28.2 Å². The summed E-state index contributed by atoms with van der Waals surface area (Å²) >= 11 is 1.46. The molecule has 23 heavy (non-hydrogen) atoms. The average molecular weight is 321 g/mol. The first kappa shape index (κ1) is 13.9. The zero-order valence-electron chi connectivity index (χ0n) is 12.6. The lowest BCUT2D eigenvalue weighted by Gasteiger charge is -2.08. The summed E-state index contributed by atoms with van der Waals surface area (Å²) in [5, 5.41) is 2.03. The first-order valence-electron chi connectivity index (χ1n) is 7.26. The second-order valence-electron chi connectivity index (χ2n) is 5.60. The first-order chi connectivity index (χ1) is 11.1. The van der Waals surface area contributed by atoms with E-state index in [-0.39, 0.29) is 0 Å². The van der Waals surface area contributed by atoms with Gasteiger partial charge in [0.25, 0.3) is 0 Å². The number of nitrogen functional groups attached to an aromatic ring is 2. The molecule has 0 saturated heterocycles. The summed E-state index contributed by atoms with van der Waals surface area (Å²) in [7, 11) is 0. The van der Waals surface area contributed by atoms with Gasteiger partial charge in [-0.3, -0.25) is 0 Å². The van der Waals surface area contributed by atoms with Crippen LogP contribution < -0.4 is 11.5 Å². The van der Waals surface area contributed by atoms with Crippen molar-refractivity contribution in [3.8, 4) is 0 Å². The Labute approximate surface area is 137 Å². The lowest BCUT2D eigenvalue weighted by atomic mass is 9.98. The predicted octanol–water partition coefficient (Wildman–Crippen LogP) is 3.30. The van der Waals surface area contributed by atoms with Crippen molar-refractivity contribution in [1.82, 2.24) is 14.3 Å². The minimum absolute atomic E-state index is 0.297. The summed E-state index contributed by atoms with van der Waals surface area (Å²) in [6.07, 6.45) is 2.59. The minimum Gasteiger partial charge on any atom is -0.382 e. The summed E-state index contributed by atoms with van der Waals surface area (Å²) in [6.45, 7) is 2.12. The lowest BCUT2D eigenvalue weighted by molar-refractivity contribution is 1.18. The molecular weight excluding hydrogens is 306 g/mol. The molecule has 0 bridgehead atoms. The molecule has 0 fully saturated rings. The summed E-state index contributed by atoms with van der Waals surface area (Å²) in [5.74, 6) is 0.902. The number of benzene rings is 2. The Balaban J connectivity index is 1.81. The quantitative estimate of drug-likeness (QED) is 0.591. The third-order valence-electron chi connectivity index (χ3n) is 4.05. The van der Waals surface area contributed by atoms with Crippen molar-refractivity contribution < 1.29 is 0 Å². The molecule has 0 amide bonds. The van der Waals surface area contributed by atoms with Gasteiger partial charge in [-0.25, -0.2) is 9.97 Å². The van der Waals surface area contributed by atoms with Crippen LogP contribution in [0.5, 0.6) is 0 Å². The maximum absolute atomic E-state index is 5.95. The molecule has 0 unspecified atom stereocenters. The average Bonchev–Trinajstić information content (AvgIpc) is 2.92. The fourth-order valence-electron chi connectivity index (χ4n) is 2.81. The molecule has 0 aliphatic carbocycles. The lowest BCUT2D eigenvalue weighted by Crippen LogP contribution is -1.96. The molecule has 2 aromatic carbocycles. The Hall–Kier alpha value is -2.73. The van der Waals surface area contributed by atoms with Crippen LogP contribution >= 0.6 is 11.5 Å². The largest absolute Gasteiger partial charge is 0.382 e. The van der Waals surface area contributed by atoms with Crippen LogP contribution in [0.25, 0.3) is 21.0 Å². The number of nitrogens with zero attached hydrogens (tertiary/aromatic N) is 3. The van der Waals surface area contributed by atoms with Crippen LogP contribution in [-0.4, -0.2) is 14.3 Å². The van der Waals surface area contributed by atoms with Gasteiger partial charge in [-0.2, -0.15) is 4.37 Å². The molecule has 4 rings (SSSR count). The molecule has 6 heteroatoms. The van der Waals surface area contributed by atoms with E-state index in [2.05, 4.69) is 39.5 Å². The van der Waals surface area contributed by atoms with Gasteiger partial charge in [-0.15, -0.1) is 0 Å². The molecule has 0 aliphatic heterocycles. The van der Waals surface area contributed by atoms with E-state index < -0.39 is 0 Å². The molecule has 114 valence electrons. The maximum Gasteiger partial charge on any atom is 0.220 e. The molecule has 0 atom stereocenters. The number of hydrogen-bond acceptors (Lipinski definition) is 6. The molecular formula is C17H15N5S. The fourth-order valence-corrected chi connectivity index (χ4v) is 3.71. The Morgan fingerprint density at radius 1 is 1.13 bits per heavy atom. The highest BCUT2D eigenvalue weighted by Gasteiger charge is 2.11. The smallest absolute Gasteiger partial charge is 0.220 e. The van der Waals surface area contributed by atoms with Gasteiger partial charge < -0.3 is 11.5 Å². The highest BCUT2D eigenvalue weighted by molar-refractivity contribution is 7.14. The van der Waals surface area contributed by atoms with E-state index in [0.717, 1.165) is 27.4 Å². The summed E-state index contributed by atoms with van der Waals surface area (Å²) in [5.41, 5.74) is 16.2. The van der Waals surface area contributed by atoms with E-state index in [0.29, 0.717) is 11.8 Å². The van der Waals surface area contributed by atoms with Gasteiger partial charge in [0.05, 0.1) is 10.2 Å². The van der Waals surface area contributed by atoms with Crippen LogP contribution in [-0.2, 0) is 6.42 Å². The van der Waals surface area contributed by atoms with Gasteiger partial charge in [-0.05, 0) is 59.8 Å². The Bertz CT molecular complexity index is 1040. The van der Waals surface area contributed by atoms with E-state index in [1.807, 2.05) is 12.1 Å². The van der Waals surface area contributed by atoms with E-state index in [1.54, 1.807) is 6.20 Å². The first-order valence-corrected chi connectivity index (χ1v) is 8.03. The number of aryl methyl sites for hydroxylation is 1.